The van der Waals surface area contributed by atoms with E-state index in [2.05, 4.69) is 12.1 Å². The second kappa shape index (κ2) is 8.92. The number of hydrogen-bond donors (Lipinski definition) is 1. The quantitative estimate of drug-likeness (QED) is 0.570. The van der Waals surface area contributed by atoms with Crippen LogP contribution in [0.4, 0.5) is 5.69 Å². The van der Waals surface area contributed by atoms with Crippen LogP contribution in [0, 0.1) is 12.1 Å². The van der Waals surface area contributed by atoms with E-state index in [1.165, 1.54) is 0 Å². The van der Waals surface area contributed by atoms with E-state index in [9.17, 15) is 0 Å². The minimum Gasteiger partial charge on any atom is -0.449 e. The monoisotopic (exact) mass is 258 g/mol. The fourth-order valence-corrected chi connectivity index (χ4v) is 0.749. The third-order valence-electron chi connectivity index (χ3n) is 1.34. The standard InChI is InChI=1S/C6H6N.C6H5.Y/c7-6-4-2-1-3-5-6;1-2-4-6-5-3-1;/h1-2,4-5H,7H2;1-5H;/q2*-1;+3. The Labute approximate surface area is 110 Å². The normalized spacial score (nSPS) is 7.71. The fraction of sp³-hybridized carbons (Fsp3) is 0. The van der Waals surface area contributed by atoms with Gasteiger partial charge < -0.3 is 5.73 Å². The molecule has 0 aliphatic rings. The van der Waals surface area contributed by atoms with Crippen molar-refractivity contribution in [1.29, 1.82) is 0 Å². The topological polar surface area (TPSA) is 26.0 Å². The number of anilines is 1. The Hall–Kier alpha value is -0.656. The first-order chi connectivity index (χ1) is 6.39. The van der Waals surface area contributed by atoms with Gasteiger partial charge in [-0.05, 0) is 0 Å². The second-order valence-corrected chi connectivity index (χ2v) is 2.41. The van der Waals surface area contributed by atoms with Crippen LogP contribution >= 0.6 is 0 Å². The van der Waals surface area contributed by atoms with Crippen molar-refractivity contribution in [2.75, 3.05) is 5.73 Å². The van der Waals surface area contributed by atoms with Gasteiger partial charge in [-0.1, -0.05) is 5.69 Å². The molecule has 2 aromatic carbocycles. The van der Waals surface area contributed by atoms with Gasteiger partial charge >= 0.3 is 32.7 Å². The van der Waals surface area contributed by atoms with Gasteiger partial charge in [-0.15, -0.1) is 0 Å². The van der Waals surface area contributed by atoms with Crippen LogP contribution in [0.5, 0.6) is 0 Å². The first-order valence-electron chi connectivity index (χ1n) is 4.02. The van der Waals surface area contributed by atoms with Crippen LogP contribution in [-0.4, -0.2) is 0 Å². The molecule has 14 heavy (non-hydrogen) atoms. The molecule has 0 radical (unpaired) electrons. The summed E-state index contributed by atoms with van der Waals surface area (Å²) in [6, 6.07) is 22.6. The van der Waals surface area contributed by atoms with Crippen molar-refractivity contribution in [2.45, 2.75) is 0 Å². The Morgan fingerprint density at radius 1 is 0.857 bits per heavy atom. The molecule has 1 nitrogen and oxygen atoms in total. The SMILES string of the molecule is Nc1c[c-]ccc1.[Y+3].[c-]1ccccc1. The van der Waals surface area contributed by atoms with Crippen LogP contribution < -0.4 is 5.73 Å². The van der Waals surface area contributed by atoms with Crippen LogP contribution in [0.3, 0.4) is 0 Å². The van der Waals surface area contributed by atoms with Crippen molar-refractivity contribution < 1.29 is 32.7 Å². The summed E-state index contributed by atoms with van der Waals surface area (Å²) in [6.45, 7) is 0. The number of benzene rings is 2. The number of nitrogen functional groups attached to an aromatic ring is 1. The van der Waals surface area contributed by atoms with Crippen molar-refractivity contribution in [3.05, 3.63) is 66.7 Å². The molecule has 66 valence electrons. The Balaban J connectivity index is 0.000000227. The number of nitrogens with two attached hydrogens (primary N) is 1. The third kappa shape index (κ3) is 6.82. The molecule has 0 amide bonds. The molecule has 0 aromatic heterocycles. The van der Waals surface area contributed by atoms with E-state index in [4.69, 9.17) is 5.73 Å². The summed E-state index contributed by atoms with van der Waals surface area (Å²) in [5.74, 6) is 0. The first-order valence-corrected chi connectivity index (χ1v) is 4.02. The predicted octanol–water partition coefficient (Wildman–Crippen LogP) is 2.55. The van der Waals surface area contributed by atoms with Gasteiger partial charge in [-0.3, -0.25) is 0 Å². The molecule has 0 saturated heterocycles. The Morgan fingerprint density at radius 3 is 1.71 bits per heavy atom. The van der Waals surface area contributed by atoms with Crippen molar-refractivity contribution in [1.82, 2.24) is 0 Å². The maximum atomic E-state index is 5.33. The van der Waals surface area contributed by atoms with E-state index in [1.807, 2.05) is 48.5 Å². The molecule has 0 aliphatic carbocycles. The van der Waals surface area contributed by atoms with Crippen LogP contribution in [0.15, 0.2) is 54.6 Å². The number of rotatable bonds is 0. The maximum absolute atomic E-state index is 5.33. The van der Waals surface area contributed by atoms with Crippen LogP contribution in [0.1, 0.15) is 0 Å². The van der Waals surface area contributed by atoms with E-state index in [0.717, 1.165) is 5.69 Å². The molecular weight excluding hydrogens is 247 g/mol. The van der Waals surface area contributed by atoms with Crippen molar-refractivity contribution in [3.8, 4) is 0 Å². The summed E-state index contributed by atoms with van der Waals surface area (Å²) >= 11 is 0. The van der Waals surface area contributed by atoms with Gasteiger partial charge in [0.15, 0.2) is 0 Å². The fourth-order valence-electron chi connectivity index (χ4n) is 0.749. The van der Waals surface area contributed by atoms with Gasteiger partial charge in [0.25, 0.3) is 0 Å². The molecule has 0 atom stereocenters. The molecule has 0 saturated carbocycles. The van der Waals surface area contributed by atoms with E-state index < -0.39 is 0 Å². The van der Waals surface area contributed by atoms with Crippen LogP contribution in [0.2, 0.25) is 0 Å². The van der Waals surface area contributed by atoms with Gasteiger partial charge in [0.05, 0.1) is 0 Å². The van der Waals surface area contributed by atoms with Gasteiger partial charge in [-0.25, -0.2) is 0 Å². The minimum atomic E-state index is 0. The predicted molar refractivity (Wildman–Crippen MR) is 55.0 cm³/mol. The molecular formula is C12H11NY+. The number of hydrogen-bond acceptors (Lipinski definition) is 1. The van der Waals surface area contributed by atoms with E-state index >= 15 is 0 Å². The third-order valence-corrected chi connectivity index (χ3v) is 1.34. The maximum Gasteiger partial charge on any atom is 3.00 e. The second-order valence-electron chi connectivity index (χ2n) is 2.41. The summed E-state index contributed by atoms with van der Waals surface area (Å²) in [5.41, 5.74) is 6.09. The average molecular weight is 258 g/mol. The Bertz CT molecular complexity index is 281. The average Bonchev–Trinajstić information content (AvgIpc) is 2.22. The van der Waals surface area contributed by atoms with E-state index in [0.29, 0.717) is 0 Å². The zero-order valence-electron chi connectivity index (χ0n) is 7.85. The molecule has 0 bridgehead atoms. The van der Waals surface area contributed by atoms with Crippen molar-refractivity contribution in [2.24, 2.45) is 0 Å². The van der Waals surface area contributed by atoms with Crippen molar-refractivity contribution >= 4 is 5.69 Å². The van der Waals surface area contributed by atoms with Gasteiger partial charge in [-0.2, -0.15) is 66.7 Å². The molecule has 0 fully saturated rings. The van der Waals surface area contributed by atoms with E-state index in [1.54, 1.807) is 6.07 Å². The molecule has 2 rings (SSSR count). The largest absolute Gasteiger partial charge is 3.00 e. The molecule has 0 heterocycles. The summed E-state index contributed by atoms with van der Waals surface area (Å²) in [4.78, 5) is 0. The molecule has 0 spiro atoms. The van der Waals surface area contributed by atoms with Crippen LogP contribution in [0.25, 0.3) is 0 Å². The first kappa shape index (κ1) is 13.3. The molecule has 0 aliphatic heterocycles. The van der Waals surface area contributed by atoms with Crippen molar-refractivity contribution in [3.63, 3.8) is 0 Å². The molecule has 0 unspecified atom stereocenters. The van der Waals surface area contributed by atoms with Gasteiger partial charge in [0, 0.05) is 0 Å². The summed E-state index contributed by atoms with van der Waals surface area (Å²) < 4.78 is 0. The smallest absolute Gasteiger partial charge is 0.449 e. The Morgan fingerprint density at radius 2 is 1.50 bits per heavy atom. The molecule has 2 N–H and O–H groups in total. The summed E-state index contributed by atoms with van der Waals surface area (Å²) in [5, 5.41) is 0. The zero-order chi connectivity index (χ0) is 9.36. The molecule has 2 aromatic rings. The van der Waals surface area contributed by atoms with E-state index in [-0.39, 0.29) is 32.7 Å². The summed E-state index contributed by atoms with van der Waals surface area (Å²) in [6.07, 6.45) is 0. The summed E-state index contributed by atoms with van der Waals surface area (Å²) in [7, 11) is 0. The van der Waals surface area contributed by atoms with Gasteiger partial charge in [0.1, 0.15) is 0 Å². The minimum absolute atomic E-state index is 0. The zero-order valence-corrected chi connectivity index (χ0v) is 10.7. The van der Waals surface area contributed by atoms with Gasteiger partial charge in [0.2, 0.25) is 0 Å². The molecule has 2 heteroatoms. The van der Waals surface area contributed by atoms with Crippen LogP contribution in [-0.2, 0) is 32.7 Å². The Kier molecular flexibility index (Phi) is 8.50.